The van der Waals surface area contributed by atoms with Gasteiger partial charge in [0, 0.05) is 35.5 Å². The lowest BCUT2D eigenvalue weighted by Crippen LogP contribution is -2.23. The molecule has 3 aliphatic carbocycles. The Bertz CT molecular complexity index is 1340. The van der Waals surface area contributed by atoms with Crippen LogP contribution in [-0.2, 0) is 14.6 Å². The van der Waals surface area contributed by atoms with Crippen molar-refractivity contribution < 1.29 is 22.1 Å². The highest BCUT2D eigenvalue weighted by Crippen LogP contribution is 2.70. The van der Waals surface area contributed by atoms with Gasteiger partial charge in [-0.1, -0.05) is 0 Å². The van der Waals surface area contributed by atoms with Gasteiger partial charge in [-0.25, -0.2) is 13.4 Å². The number of nitrogens with zero attached hydrogens (tertiary/aromatic N) is 3. The first-order chi connectivity index (χ1) is 16.4. The van der Waals surface area contributed by atoms with Crippen molar-refractivity contribution >= 4 is 39.0 Å². The Balaban J connectivity index is 1.51. The average Bonchev–Trinajstić information content (AvgIpc) is 3.63. The van der Waals surface area contributed by atoms with E-state index in [1.165, 1.54) is 12.3 Å². The van der Waals surface area contributed by atoms with Gasteiger partial charge in [-0.15, -0.1) is 10.2 Å². The third-order valence-electron chi connectivity index (χ3n) is 6.35. The standard InChI is InChI=1S/C21H24N6O4S/c1-22-20(29)16-14(9-15(26-27-16)25-19(28)13-10-21(13)6-7-21)24-18-17(32(2,30)31)12(5-8-23-18)11-3-4-11/h5,8-9,11,13H,3-4,6-7,10H2,1-2H3,(H,22,29)(H2,23,24,25,26,28)/t13-/m1/s1/i1D3. The minimum atomic E-state index is -3.71. The molecule has 3 aliphatic rings. The van der Waals surface area contributed by atoms with Gasteiger partial charge < -0.3 is 16.0 Å². The summed E-state index contributed by atoms with van der Waals surface area (Å²) in [5.74, 6) is -1.22. The lowest BCUT2D eigenvalue weighted by atomic mass is 10.1. The Morgan fingerprint density at radius 3 is 2.66 bits per heavy atom. The van der Waals surface area contributed by atoms with Crippen molar-refractivity contribution in [2.75, 3.05) is 23.9 Å². The topological polar surface area (TPSA) is 143 Å². The van der Waals surface area contributed by atoms with E-state index in [4.69, 9.17) is 4.11 Å². The molecule has 2 amide bonds. The summed E-state index contributed by atoms with van der Waals surface area (Å²) in [6.07, 6.45) is 7.12. The van der Waals surface area contributed by atoms with Crippen molar-refractivity contribution in [3.05, 3.63) is 29.6 Å². The van der Waals surface area contributed by atoms with Crippen LogP contribution in [0.1, 0.15) is 58.2 Å². The smallest absolute Gasteiger partial charge is 0.273 e. The molecule has 2 aromatic rings. The highest BCUT2D eigenvalue weighted by Gasteiger charge is 2.65. The summed E-state index contributed by atoms with van der Waals surface area (Å²) in [4.78, 5) is 29.4. The summed E-state index contributed by atoms with van der Waals surface area (Å²) in [7, 11) is -3.71. The van der Waals surface area contributed by atoms with Crippen LogP contribution in [0.5, 0.6) is 0 Å². The summed E-state index contributed by atoms with van der Waals surface area (Å²) in [5.41, 5.74) is 0.314. The first-order valence-electron chi connectivity index (χ1n) is 11.8. The molecule has 11 heteroatoms. The molecule has 3 N–H and O–H groups in total. The van der Waals surface area contributed by atoms with Gasteiger partial charge in [0.1, 0.15) is 10.7 Å². The third-order valence-corrected chi connectivity index (χ3v) is 7.52. The quantitative estimate of drug-likeness (QED) is 0.570. The molecule has 168 valence electrons. The molecule has 5 rings (SSSR count). The largest absolute Gasteiger partial charge is 0.354 e. The lowest BCUT2D eigenvalue weighted by Gasteiger charge is -2.16. The molecule has 2 heterocycles. The van der Waals surface area contributed by atoms with E-state index in [0.29, 0.717) is 5.56 Å². The summed E-state index contributed by atoms with van der Waals surface area (Å²) in [6.45, 7) is -2.78. The molecule has 3 fully saturated rings. The van der Waals surface area contributed by atoms with Gasteiger partial charge in [0.05, 0.1) is 5.69 Å². The van der Waals surface area contributed by atoms with E-state index in [1.807, 2.05) is 5.32 Å². The van der Waals surface area contributed by atoms with Crippen molar-refractivity contribution in [2.45, 2.75) is 42.9 Å². The van der Waals surface area contributed by atoms with E-state index in [9.17, 15) is 18.0 Å². The van der Waals surface area contributed by atoms with Crippen molar-refractivity contribution in [1.29, 1.82) is 0 Å². The highest BCUT2D eigenvalue weighted by molar-refractivity contribution is 7.91. The first kappa shape index (κ1) is 17.5. The van der Waals surface area contributed by atoms with E-state index in [1.54, 1.807) is 6.07 Å². The zero-order valence-corrected chi connectivity index (χ0v) is 18.1. The predicted octanol–water partition coefficient (Wildman–Crippen LogP) is 1.99. The predicted molar refractivity (Wildman–Crippen MR) is 116 cm³/mol. The second-order valence-corrected chi connectivity index (χ2v) is 10.8. The molecule has 2 aromatic heterocycles. The van der Waals surface area contributed by atoms with E-state index >= 15 is 0 Å². The van der Waals surface area contributed by atoms with Gasteiger partial charge in [-0.05, 0) is 55.1 Å². The molecule has 0 aliphatic heterocycles. The summed E-state index contributed by atoms with van der Waals surface area (Å²) in [6, 6.07) is 2.97. The van der Waals surface area contributed by atoms with Crippen LogP contribution in [0.2, 0.25) is 0 Å². The maximum Gasteiger partial charge on any atom is 0.273 e. The maximum atomic E-state index is 12.6. The minimum absolute atomic E-state index is 0.000679. The van der Waals surface area contributed by atoms with Crippen LogP contribution in [0.3, 0.4) is 0 Å². The molecule has 10 nitrogen and oxygen atoms in total. The summed E-state index contributed by atoms with van der Waals surface area (Å²) < 4.78 is 47.2. The molecule has 1 atom stereocenters. The monoisotopic (exact) mass is 459 g/mol. The number of aromatic nitrogens is 3. The number of amides is 2. The molecule has 0 unspecified atom stereocenters. The summed E-state index contributed by atoms with van der Waals surface area (Å²) >= 11 is 0. The molecular weight excluding hydrogens is 432 g/mol. The number of carbonyl (C=O) groups is 2. The first-order valence-corrected chi connectivity index (χ1v) is 12.2. The SMILES string of the molecule is [2H]C([2H])([2H])NC(=O)c1nnc(NC(=O)[C@H]2CC23CC3)cc1Nc1nccc(C2CC2)c1S(C)(=O)=O. The number of carbonyl (C=O) groups excluding carboxylic acids is 2. The van der Waals surface area contributed by atoms with Gasteiger partial charge in [-0.3, -0.25) is 9.59 Å². The molecular formula is C21H24N6O4S. The molecule has 0 bridgehead atoms. The normalized spacial score (nSPS) is 22.3. The van der Waals surface area contributed by atoms with E-state index in [-0.39, 0.29) is 51.1 Å². The van der Waals surface area contributed by atoms with Gasteiger partial charge in [0.2, 0.25) is 5.91 Å². The summed E-state index contributed by atoms with van der Waals surface area (Å²) in [5, 5.41) is 15.1. The molecule has 3 saturated carbocycles. The number of nitrogens with one attached hydrogen (secondary N) is 3. The van der Waals surface area contributed by atoms with Crippen LogP contribution in [0, 0.1) is 11.3 Å². The maximum absolute atomic E-state index is 12.6. The van der Waals surface area contributed by atoms with Crippen LogP contribution in [0.15, 0.2) is 23.2 Å². The zero-order chi connectivity index (χ0) is 25.2. The second kappa shape index (κ2) is 7.22. The van der Waals surface area contributed by atoms with Crippen molar-refractivity contribution in [2.24, 2.45) is 11.3 Å². The Kier molecular flexibility index (Phi) is 3.94. The van der Waals surface area contributed by atoms with Crippen LogP contribution >= 0.6 is 0 Å². The Morgan fingerprint density at radius 1 is 1.25 bits per heavy atom. The van der Waals surface area contributed by atoms with Gasteiger partial charge in [-0.2, -0.15) is 0 Å². The highest BCUT2D eigenvalue weighted by atomic mass is 32.2. The minimum Gasteiger partial charge on any atom is -0.354 e. The molecule has 1 spiro atoms. The number of pyridine rings is 1. The Labute approximate surface area is 189 Å². The average molecular weight is 460 g/mol. The molecule has 0 saturated heterocycles. The van der Waals surface area contributed by atoms with Crippen LogP contribution < -0.4 is 16.0 Å². The van der Waals surface area contributed by atoms with Crippen molar-refractivity contribution in [3.63, 3.8) is 0 Å². The van der Waals surface area contributed by atoms with Gasteiger partial charge in [0.25, 0.3) is 5.91 Å². The molecule has 32 heavy (non-hydrogen) atoms. The van der Waals surface area contributed by atoms with Gasteiger partial charge >= 0.3 is 0 Å². The fraction of sp³-hybridized carbons (Fsp3) is 0.476. The van der Waals surface area contributed by atoms with Crippen LogP contribution in [0.4, 0.5) is 17.3 Å². The van der Waals surface area contributed by atoms with E-state index in [0.717, 1.165) is 38.4 Å². The van der Waals surface area contributed by atoms with Crippen LogP contribution in [0.25, 0.3) is 0 Å². The lowest BCUT2D eigenvalue weighted by molar-refractivity contribution is -0.117. The zero-order valence-electron chi connectivity index (χ0n) is 20.3. The number of hydrogen-bond acceptors (Lipinski definition) is 8. The van der Waals surface area contributed by atoms with Crippen LogP contribution in [-0.4, -0.2) is 48.6 Å². The Morgan fingerprint density at radius 2 is 2.03 bits per heavy atom. The number of anilines is 3. The molecule has 0 aromatic carbocycles. The van der Waals surface area contributed by atoms with Crippen molar-refractivity contribution in [1.82, 2.24) is 20.5 Å². The van der Waals surface area contributed by atoms with Gasteiger partial charge in [0.15, 0.2) is 21.3 Å². The number of sulfone groups is 1. The fourth-order valence-electron chi connectivity index (χ4n) is 4.21. The van der Waals surface area contributed by atoms with Crippen molar-refractivity contribution in [3.8, 4) is 0 Å². The second-order valence-electron chi connectivity index (χ2n) is 8.80. The Hall–Kier alpha value is -3.08. The van der Waals surface area contributed by atoms with E-state index in [2.05, 4.69) is 25.8 Å². The number of hydrogen-bond donors (Lipinski definition) is 3. The fourth-order valence-corrected chi connectivity index (χ4v) is 5.32. The number of rotatable bonds is 7. The third kappa shape index (κ3) is 3.81. The molecule has 0 radical (unpaired) electrons. The van der Waals surface area contributed by atoms with E-state index < -0.39 is 22.7 Å².